The fraction of sp³-hybridized carbons (Fsp3) is 0.167. The minimum Gasteiger partial charge on any atom is -0.335 e. The van der Waals surface area contributed by atoms with E-state index in [0.717, 1.165) is 5.82 Å². The van der Waals surface area contributed by atoms with Crippen molar-refractivity contribution in [1.82, 2.24) is 9.55 Å². The van der Waals surface area contributed by atoms with Gasteiger partial charge in [0.1, 0.15) is 5.82 Å². The smallest absolute Gasteiger partial charge is 0.132 e. The van der Waals surface area contributed by atoms with E-state index in [0.29, 0.717) is 0 Å². The average Bonchev–Trinajstić information content (AvgIpc) is 2.18. The maximum atomic E-state index is 4.05. The highest BCUT2D eigenvalue weighted by Crippen LogP contribution is 1.98. The van der Waals surface area contributed by atoms with Crippen LogP contribution in [0.25, 0.3) is 6.08 Å². The second-order valence-electron chi connectivity index (χ2n) is 1.69. The van der Waals surface area contributed by atoms with Crippen LogP contribution in [0.1, 0.15) is 5.82 Å². The van der Waals surface area contributed by atoms with Gasteiger partial charge in [-0.1, -0.05) is 15.9 Å². The third-order valence-electron chi connectivity index (χ3n) is 1.07. The summed E-state index contributed by atoms with van der Waals surface area (Å²) in [5.74, 6) is 0.951. The molecule has 1 aromatic heterocycles. The Labute approximate surface area is 62.3 Å². The minimum absolute atomic E-state index is 0.951. The third-order valence-corrected chi connectivity index (χ3v) is 1.33. The summed E-state index contributed by atoms with van der Waals surface area (Å²) in [6.45, 7) is 0. The topological polar surface area (TPSA) is 17.8 Å². The summed E-state index contributed by atoms with van der Waals surface area (Å²) in [5.41, 5.74) is 0. The van der Waals surface area contributed by atoms with Crippen LogP contribution in [0, 0.1) is 0 Å². The van der Waals surface area contributed by atoms with Gasteiger partial charge in [-0.2, -0.15) is 0 Å². The Balaban J connectivity index is 2.94. The molecule has 0 amide bonds. The lowest BCUT2D eigenvalue weighted by Gasteiger charge is -1.90. The van der Waals surface area contributed by atoms with Crippen LogP contribution in [0.2, 0.25) is 0 Å². The molecule has 0 aromatic carbocycles. The van der Waals surface area contributed by atoms with Gasteiger partial charge in [0.15, 0.2) is 0 Å². The van der Waals surface area contributed by atoms with Crippen LogP contribution in [0.15, 0.2) is 17.4 Å². The molecule has 3 heteroatoms. The second kappa shape index (κ2) is 2.82. The number of imidazole rings is 1. The van der Waals surface area contributed by atoms with Gasteiger partial charge in [-0.3, -0.25) is 0 Å². The van der Waals surface area contributed by atoms with E-state index in [2.05, 4.69) is 20.9 Å². The number of hydrogen-bond acceptors (Lipinski definition) is 1. The van der Waals surface area contributed by atoms with Gasteiger partial charge in [-0.05, 0) is 11.1 Å². The molecule has 9 heavy (non-hydrogen) atoms. The first kappa shape index (κ1) is 6.55. The van der Waals surface area contributed by atoms with E-state index >= 15 is 0 Å². The molecule has 0 spiro atoms. The molecule has 1 heterocycles. The van der Waals surface area contributed by atoms with E-state index in [-0.39, 0.29) is 0 Å². The van der Waals surface area contributed by atoms with Crippen LogP contribution in [0.3, 0.4) is 0 Å². The average molecular weight is 187 g/mol. The monoisotopic (exact) mass is 186 g/mol. The van der Waals surface area contributed by atoms with Crippen molar-refractivity contribution < 1.29 is 0 Å². The maximum Gasteiger partial charge on any atom is 0.132 e. The molecule has 0 saturated heterocycles. The Hall–Kier alpha value is -0.570. The van der Waals surface area contributed by atoms with Gasteiger partial charge in [-0.25, -0.2) is 4.98 Å². The summed E-state index contributed by atoms with van der Waals surface area (Å²) in [7, 11) is 1.95. The quantitative estimate of drug-likeness (QED) is 0.655. The fourth-order valence-electron chi connectivity index (χ4n) is 0.594. The molecule has 1 aromatic rings. The van der Waals surface area contributed by atoms with Crippen molar-refractivity contribution in [3.05, 3.63) is 23.2 Å². The maximum absolute atomic E-state index is 4.05. The van der Waals surface area contributed by atoms with Gasteiger partial charge in [0.25, 0.3) is 0 Å². The van der Waals surface area contributed by atoms with Gasteiger partial charge in [0, 0.05) is 19.4 Å². The normalized spacial score (nSPS) is 10.9. The van der Waals surface area contributed by atoms with Crippen LogP contribution in [0.5, 0.6) is 0 Å². The number of aryl methyl sites for hydroxylation is 1. The largest absolute Gasteiger partial charge is 0.335 e. The zero-order valence-corrected chi connectivity index (χ0v) is 6.67. The Kier molecular flexibility index (Phi) is 2.05. The predicted molar refractivity (Wildman–Crippen MR) is 41.2 cm³/mol. The third kappa shape index (κ3) is 1.42. The highest BCUT2D eigenvalue weighted by Gasteiger charge is 1.88. The molecule has 0 fully saturated rings. The first-order valence-electron chi connectivity index (χ1n) is 2.58. The molecular weight excluding hydrogens is 180 g/mol. The van der Waals surface area contributed by atoms with Crippen molar-refractivity contribution >= 4 is 22.0 Å². The first-order valence-corrected chi connectivity index (χ1v) is 3.50. The zero-order chi connectivity index (χ0) is 6.69. The van der Waals surface area contributed by atoms with Crippen LogP contribution in [0.4, 0.5) is 0 Å². The summed E-state index contributed by atoms with van der Waals surface area (Å²) < 4.78 is 1.94. The number of hydrogen-bond donors (Lipinski definition) is 0. The summed E-state index contributed by atoms with van der Waals surface area (Å²) in [6.07, 6.45) is 5.56. The van der Waals surface area contributed by atoms with Crippen molar-refractivity contribution in [1.29, 1.82) is 0 Å². The van der Waals surface area contributed by atoms with Crippen molar-refractivity contribution in [2.75, 3.05) is 0 Å². The van der Waals surface area contributed by atoms with E-state index in [4.69, 9.17) is 0 Å². The summed E-state index contributed by atoms with van der Waals surface area (Å²) in [4.78, 5) is 5.84. The van der Waals surface area contributed by atoms with Crippen molar-refractivity contribution in [3.63, 3.8) is 0 Å². The molecule has 0 aliphatic heterocycles. The molecule has 48 valence electrons. The van der Waals surface area contributed by atoms with Crippen molar-refractivity contribution in [3.8, 4) is 0 Å². The molecule has 0 aliphatic carbocycles. The van der Waals surface area contributed by atoms with Crippen LogP contribution >= 0.6 is 15.9 Å². The van der Waals surface area contributed by atoms with Crippen LogP contribution < -0.4 is 0 Å². The van der Waals surface area contributed by atoms with E-state index in [1.54, 1.807) is 11.2 Å². The van der Waals surface area contributed by atoms with Gasteiger partial charge in [0.05, 0.1) is 0 Å². The standard InChI is InChI=1S/C6H7BrN2/c1-9-5-4-8-6(9)2-3-7/h2-5H,1H3/b3-2+. The van der Waals surface area contributed by atoms with E-state index in [1.165, 1.54) is 0 Å². The first-order chi connectivity index (χ1) is 4.34. The molecule has 0 N–H and O–H groups in total. The Morgan fingerprint density at radius 1 is 1.78 bits per heavy atom. The van der Waals surface area contributed by atoms with Crippen LogP contribution in [-0.2, 0) is 7.05 Å². The predicted octanol–water partition coefficient (Wildman–Crippen LogP) is 1.79. The van der Waals surface area contributed by atoms with E-state index in [1.807, 2.05) is 23.9 Å². The SMILES string of the molecule is Cn1ccnc1/C=C/Br. The van der Waals surface area contributed by atoms with Gasteiger partial charge >= 0.3 is 0 Å². The van der Waals surface area contributed by atoms with Gasteiger partial charge in [0.2, 0.25) is 0 Å². The Morgan fingerprint density at radius 3 is 3.00 bits per heavy atom. The zero-order valence-electron chi connectivity index (χ0n) is 5.08. The van der Waals surface area contributed by atoms with Gasteiger partial charge < -0.3 is 4.57 Å². The second-order valence-corrected chi connectivity index (χ2v) is 2.22. The van der Waals surface area contributed by atoms with Gasteiger partial charge in [-0.15, -0.1) is 0 Å². The lowest BCUT2D eigenvalue weighted by molar-refractivity contribution is 0.898. The number of nitrogens with zero attached hydrogens (tertiary/aromatic N) is 2. The summed E-state index contributed by atoms with van der Waals surface area (Å²) in [5, 5.41) is 0. The molecule has 0 unspecified atom stereocenters. The van der Waals surface area contributed by atoms with Crippen molar-refractivity contribution in [2.45, 2.75) is 0 Å². The Bertz CT molecular complexity index is 215. The van der Waals surface area contributed by atoms with Crippen molar-refractivity contribution in [2.24, 2.45) is 7.05 Å². The minimum atomic E-state index is 0.951. The lowest BCUT2D eigenvalue weighted by Crippen LogP contribution is -1.87. The molecule has 1 rings (SSSR count). The van der Waals surface area contributed by atoms with E-state index in [9.17, 15) is 0 Å². The Morgan fingerprint density at radius 2 is 2.56 bits per heavy atom. The molecule has 0 radical (unpaired) electrons. The lowest BCUT2D eigenvalue weighted by atomic mass is 10.6. The molecule has 0 aliphatic rings. The molecule has 0 atom stereocenters. The molecule has 2 nitrogen and oxygen atoms in total. The highest BCUT2D eigenvalue weighted by molar-refractivity contribution is 9.11. The molecule has 0 saturated carbocycles. The highest BCUT2D eigenvalue weighted by atomic mass is 79.9. The molecular formula is C6H7BrN2. The molecule has 0 bridgehead atoms. The summed E-state index contributed by atoms with van der Waals surface area (Å²) in [6, 6.07) is 0. The fourth-order valence-corrected chi connectivity index (χ4v) is 0.831. The van der Waals surface area contributed by atoms with Crippen LogP contribution in [-0.4, -0.2) is 9.55 Å². The number of rotatable bonds is 1. The van der Waals surface area contributed by atoms with E-state index < -0.39 is 0 Å². The summed E-state index contributed by atoms with van der Waals surface area (Å²) >= 11 is 3.17. The number of halogens is 1. The number of aromatic nitrogens is 2.